The number of nitrogens with zero attached hydrogens (tertiary/aromatic N) is 1. The molecule has 4 saturated carbocycles. The largest absolute Gasteiger partial charge is 0.456 e. The monoisotopic (exact) mass is 653 g/mol. The molecule has 6 aromatic rings. The van der Waals surface area contributed by atoms with Crippen molar-refractivity contribution in [2.75, 3.05) is 4.90 Å². The molecule has 0 amide bonds. The zero-order valence-electron chi connectivity index (χ0n) is 29.9. The van der Waals surface area contributed by atoms with Crippen LogP contribution in [0.15, 0.2) is 108 Å². The van der Waals surface area contributed by atoms with Gasteiger partial charge in [-0.25, -0.2) is 0 Å². The number of furan rings is 1. The molecule has 2 heteroatoms. The highest BCUT2D eigenvalue weighted by atomic mass is 16.3. The van der Waals surface area contributed by atoms with Crippen molar-refractivity contribution in [3.63, 3.8) is 0 Å². The van der Waals surface area contributed by atoms with Crippen molar-refractivity contribution < 1.29 is 4.42 Å². The molecule has 0 N–H and O–H groups in total. The van der Waals surface area contributed by atoms with Gasteiger partial charge in [0.1, 0.15) is 11.2 Å². The van der Waals surface area contributed by atoms with Gasteiger partial charge in [0.2, 0.25) is 0 Å². The van der Waals surface area contributed by atoms with Gasteiger partial charge >= 0.3 is 0 Å². The van der Waals surface area contributed by atoms with Crippen LogP contribution in [0.3, 0.4) is 0 Å². The van der Waals surface area contributed by atoms with E-state index in [0.717, 1.165) is 34.8 Å². The van der Waals surface area contributed by atoms with Crippen LogP contribution in [-0.4, -0.2) is 0 Å². The second kappa shape index (κ2) is 9.93. The van der Waals surface area contributed by atoms with E-state index in [0.29, 0.717) is 0 Å². The number of anilines is 3. The zero-order chi connectivity index (χ0) is 33.6. The smallest absolute Gasteiger partial charge is 0.137 e. The van der Waals surface area contributed by atoms with Crippen molar-refractivity contribution in [3.05, 3.63) is 125 Å². The van der Waals surface area contributed by atoms with Crippen molar-refractivity contribution in [2.24, 2.45) is 23.7 Å². The van der Waals surface area contributed by atoms with Gasteiger partial charge in [-0.3, -0.25) is 0 Å². The second-order valence-corrected chi connectivity index (χ2v) is 18.0. The Labute approximate surface area is 296 Å². The highest BCUT2D eigenvalue weighted by Crippen LogP contribution is 2.70. The van der Waals surface area contributed by atoms with Crippen LogP contribution in [0.1, 0.15) is 94.9 Å². The van der Waals surface area contributed by atoms with E-state index in [1.807, 2.05) is 0 Å². The minimum absolute atomic E-state index is 0.0433. The standard InChI is InChI=1S/C48H47NO/c1-46(2)21-22-47(3,4)45-39(46)15-10-17-41(45)49(33-19-20-35-34-11-6-8-18-42(34)50-43(35)28-33)40-16-9-14-38-44(40)36-12-5-7-13-37(36)48(38)31-24-29-23-30(26-31)27-32(48)25-29/h5-20,28-32H,21-27H2,1-4H3. The summed E-state index contributed by atoms with van der Waals surface area (Å²) in [5.41, 5.74) is 15.1. The van der Waals surface area contributed by atoms with Gasteiger partial charge in [0.25, 0.3) is 0 Å². The van der Waals surface area contributed by atoms with E-state index in [9.17, 15) is 0 Å². The molecular formula is C48H47NO. The van der Waals surface area contributed by atoms with Gasteiger partial charge in [0, 0.05) is 33.5 Å². The fourth-order valence-electron chi connectivity index (χ4n) is 12.5. The Bertz CT molecular complexity index is 2340. The number of benzene rings is 5. The number of para-hydroxylation sites is 1. The Morgan fingerprint density at radius 1 is 0.560 bits per heavy atom. The molecule has 0 radical (unpaired) electrons. The molecule has 50 heavy (non-hydrogen) atoms. The third-order valence-electron chi connectivity index (χ3n) is 14.5. The Hall–Kier alpha value is -4.30. The van der Waals surface area contributed by atoms with Crippen LogP contribution in [0.5, 0.6) is 0 Å². The topological polar surface area (TPSA) is 16.4 Å². The summed E-state index contributed by atoms with van der Waals surface area (Å²) in [5.74, 6) is 3.33. The van der Waals surface area contributed by atoms with Crippen LogP contribution in [0.25, 0.3) is 33.1 Å². The maximum atomic E-state index is 6.58. The molecule has 5 aromatic carbocycles. The van der Waals surface area contributed by atoms with Crippen LogP contribution in [-0.2, 0) is 16.2 Å². The molecule has 6 aliphatic rings. The van der Waals surface area contributed by atoms with Gasteiger partial charge in [-0.15, -0.1) is 0 Å². The molecule has 1 heterocycles. The van der Waals surface area contributed by atoms with Crippen LogP contribution in [0.2, 0.25) is 0 Å². The first-order valence-electron chi connectivity index (χ1n) is 19.3. The predicted molar refractivity (Wildman–Crippen MR) is 207 cm³/mol. The van der Waals surface area contributed by atoms with Gasteiger partial charge in [-0.2, -0.15) is 0 Å². The third-order valence-corrected chi connectivity index (χ3v) is 14.5. The van der Waals surface area contributed by atoms with Crippen LogP contribution >= 0.6 is 0 Å². The van der Waals surface area contributed by atoms with E-state index in [1.165, 1.54) is 95.0 Å². The quantitative estimate of drug-likeness (QED) is 0.189. The molecule has 6 aliphatic carbocycles. The first-order chi connectivity index (χ1) is 24.2. The summed E-state index contributed by atoms with van der Waals surface area (Å²) in [6.07, 6.45) is 9.42. The molecule has 0 unspecified atom stereocenters. The van der Waals surface area contributed by atoms with Gasteiger partial charge in [0.15, 0.2) is 0 Å². The van der Waals surface area contributed by atoms with Gasteiger partial charge in [0.05, 0.1) is 11.4 Å². The van der Waals surface area contributed by atoms with Crippen LogP contribution in [0, 0.1) is 23.7 Å². The van der Waals surface area contributed by atoms with E-state index in [-0.39, 0.29) is 16.2 Å². The van der Waals surface area contributed by atoms with Crippen molar-refractivity contribution in [2.45, 2.75) is 88.9 Å². The van der Waals surface area contributed by atoms with Gasteiger partial charge in [-0.1, -0.05) is 94.4 Å². The summed E-state index contributed by atoms with van der Waals surface area (Å²) in [7, 11) is 0. The normalized spacial score (nSPS) is 27.8. The lowest BCUT2D eigenvalue weighted by Gasteiger charge is -2.61. The van der Waals surface area contributed by atoms with Crippen molar-refractivity contribution in [3.8, 4) is 11.1 Å². The fourth-order valence-corrected chi connectivity index (χ4v) is 12.5. The van der Waals surface area contributed by atoms with E-state index in [4.69, 9.17) is 4.42 Å². The fraction of sp³-hybridized carbons (Fsp3) is 0.375. The number of rotatable bonds is 3. The van der Waals surface area contributed by atoms with E-state index < -0.39 is 0 Å². The molecule has 250 valence electrons. The number of hydrogen-bond donors (Lipinski definition) is 0. The van der Waals surface area contributed by atoms with E-state index in [2.05, 4.69) is 136 Å². The summed E-state index contributed by atoms with van der Waals surface area (Å²) in [4.78, 5) is 2.64. The summed E-state index contributed by atoms with van der Waals surface area (Å²) in [5, 5.41) is 2.36. The van der Waals surface area contributed by atoms with Gasteiger partial charge < -0.3 is 9.32 Å². The van der Waals surface area contributed by atoms with Gasteiger partial charge in [-0.05, 0) is 138 Å². The maximum absolute atomic E-state index is 6.58. The number of fused-ring (bicyclic) bond motifs is 7. The third kappa shape index (κ3) is 3.75. The lowest BCUT2D eigenvalue weighted by molar-refractivity contribution is -0.0399. The molecule has 0 saturated heterocycles. The number of hydrogen-bond acceptors (Lipinski definition) is 2. The molecule has 4 bridgehead atoms. The average molecular weight is 654 g/mol. The molecule has 2 nitrogen and oxygen atoms in total. The molecule has 1 aromatic heterocycles. The van der Waals surface area contributed by atoms with Crippen molar-refractivity contribution in [1.82, 2.24) is 0 Å². The zero-order valence-corrected chi connectivity index (χ0v) is 29.9. The molecule has 4 fully saturated rings. The minimum Gasteiger partial charge on any atom is -0.456 e. The first kappa shape index (κ1) is 29.4. The van der Waals surface area contributed by atoms with Crippen LogP contribution < -0.4 is 4.90 Å². The Kier molecular flexibility index (Phi) is 5.85. The van der Waals surface area contributed by atoms with Crippen molar-refractivity contribution in [1.29, 1.82) is 0 Å². The van der Waals surface area contributed by atoms with E-state index >= 15 is 0 Å². The molecule has 12 rings (SSSR count). The lowest BCUT2D eigenvalue weighted by atomic mass is 9.43. The molecule has 1 spiro atoms. The second-order valence-electron chi connectivity index (χ2n) is 18.0. The summed E-state index contributed by atoms with van der Waals surface area (Å²) < 4.78 is 6.58. The Morgan fingerprint density at radius 3 is 2.00 bits per heavy atom. The molecule has 0 aliphatic heterocycles. The summed E-state index contributed by atoms with van der Waals surface area (Å²) in [6, 6.07) is 39.5. The Balaban J connectivity index is 1.21. The summed E-state index contributed by atoms with van der Waals surface area (Å²) in [6.45, 7) is 9.84. The lowest BCUT2D eigenvalue weighted by Crippen LogP contribution is -2.55. The van der Waals surface area contributed by atoms with Crippen LogP contribution in [0.4, 0.5) is 17.1 Å². The van der Waals surface area contributed by atoms with Crippen molar-refractivity contribution >= 4 is 39.0 Å². The van der Waals surface area contributed by atoms with E-state index in [1.54, 1.807) is 11.1 Å². The average Bonchev–Trinajstić information content (AvgIpc) is 3.63. The SMILES string of the molecule is CC1(C)CCC(C)(C)c2c(N(c3ccc4c(c3)oc3ccccc34)c3cccc4c3-c3ccccc3C43C4CC5CC(C4)CC3C5)cccc21. The maximum Gasteiger partial charge on any atom is 0.137 e. The molecular weight excluding hydrogens is 607 g/mol. The Morgan fingerprint density at radius 2 is 1.20 bits per heavy atom. The highest BCUT2D eigenvalue weighted by molar-refractivity contribution is 6.06. The molecule has 0 atom stereocenters. The highest BCUT2D eigenvalue weighted by Gasteiger charge is 2.62. The predicted octanol–water partition coefficient (Wildman–Crippen LogP) is 13.1. The summed E-state index contributed by atoms with van der Waals surface area (Å²) >= 11 is 0. The first-order valence-corrected chi connectivity index (χ1v) is 19.3. The minimum atomic E-state index is 0.0433.